The van der Waals surface area contributed by atoms with E-state index in [-0.39, 0.29) is 0 Å². The number of nitrogens with one attached hydrogen (secondary N) is 1. The maximum absolute atomic E-state index is 5.17. The molecule has 15 heavy (non-hydrogen) atoms. The number of furan rings is 1. The SMILES string of the molecule is CCNCc1nc(-c2ccoc2C)no1. The highest BCUT2D eigenvalue weighted by atomic mass is 16.5. The van der Waals surface area contributed by atoms with Gasteiger partial charge in [0.05, 0.1) is 18.4 Å². The van der Waals surface area contributed by atoms with E-state index in [1.54, 1.807) is 6.26 Å². The molecule has 0 aromatic carbocycles. The lowest BCUT2D eigenvalue weighted by molar-refractivity contribution is 0.369. The quantitative estimate of drug-likeness (QED) is 0.827. The number of hydrogen-bond donors (Lipinski definition) is 1. The molecule has 80 valence electrons. The highest BCUT2D eigenvalue weighted by molar-refractivity contribution is 5.55. The third-order valence-corrected chi connectivity index (χ3v) is 2.09. The Bertz CT molecular complexity index is 433. The minimum Gasteiger partial charge on any atom is -0.469 e. The Balaban J connectivity index is 2.17. The van der Waals surface area contributed by atoms with Crippen molar-refractivity contribution in [1.82, 2.24) is 15.5 Å². The van der Waals surface area contributed by atoms with E-state index in [2.05, 4.69) is 15.5 Å². The average molecular weight is 207 g/mol. The zero-order chi connectivity index (χ0) is 10.7. The van der Waals surface area contributed by atoms with Gasteiger partial charge in [-0.1, -0.05) is 12.1 Å². The van der Waals surface area contributed by atoms with Crippen molar-refractivity contribution in [3.8, 4) is 11.4 Å². The molecule has 0 spiro atoms. The van der Waals surface area contributed by atoms with Gasteiger partial charge in [0.15, 0.2) is 0 Å². The van der Waals surface area contributed by atoms with Crippen LogP contribution < -0.4 is 5.32 Å². The fourth-order valence-corrected chi connectivity index (χ4v) is 1.28. The van der Waals surface area contributed by atoms with Gasteiger partial charge in [0, 0.05) is 0 Å². The van der Waals surface area contributed by atoms with Crippen LogP contribution in [0, 0.1) is 6.92 Å². The molecule has 0 amide bonds. The van der Waals surface area contributed by atoms with Crippen molar-refractivity contribution >= 4 is 0 Å². The van der Waals surface area contributed by atoms with Crippen LogP contribution in [-0.4, -0.2) is 16.7 Å². The summed E-state index contributed by atoms with van der Waals surface area (Å²) in [5, 5.41) is 7.00. The van der Waals surface area contributed by atoms with Crippen molar-refractivity contribution in [3.63, 3.8) is 0 Å². The van der Waals surface area contributed by atoms with Crippen molar-refractivity contribution in [2.75, 3.05) is 6.54 Å². The van der Waals surface area contributed by atoms with E-state index >= 15 is 0 Å². The predicted octanol–water partition coefficient (Wildman–Crippen LogP) is 1.75. The molecule has 5 nitrogen and oxygen atoms in total. The Kier molecular flexibility index (Phi) is 2.82. The van der Waals surface area contributed by atoms with Gasteiger partial charge in [0.25, 0.3) is 0 Å². The van der Waals surface area contributed by atoms with E-state index in [1.807, 2.05) is 19.9 Å². The van der Waals surface area contributed by atoms with Gasteiger partial charge in [0.1, 0.15) is 5.76 Å². The smallest absolute Gasteiger partial charge is 0.240 e. The van der Waals surface area contributed by atoms with Crippen molar-refractivity contribution in [2.24, 2.45) is 0 Å². The van der Waals surface area contributed by atoms with Crippen LogP contribution in [0.25, 0.3) is 11.4 Å². The van der Waals surface area contributed by atoms with Crippen LogP contribution >= 0.6 is 0 Å². The van der Waals surface area contributed by atoms with Crippen LogP contribution in [-0.2, 0) is 6.54 Å². The van der Waals surface area contributed by atoms with E-state index in [0.29, 0.717) is 18.3 Å². The topological polar surface area (TPSA) is 64.1 Å². The second-order valence-electron chi connectivity index (χ2n) is 3.18. The molecular weight excluding hydrogens is 194 g/mol. The molecule has 0 saturated carbocycles. The van der Waals surface area contributed by atoms with Gasteiger partial charge in [-0.25, -0.2) is 0 Å². The van der Waals surface area contributed by atoms with Gasteiger partial charge in [-0.2, -0.15) is 4.98 Å². The number of nitrogens with zero attached hydrogens (tertiary/aromatic N) is 2. The lowest BCUT2D eigenvalue weighted by atomic mass is 10.2. The molecule has 2 heterocycles. The first-order chi connectivity index (χ1) is 7.31. The Morgan fingerprint density at radius 1 is 1.47 bits per heavy atom. The minimum atomic E-state index is 0.578. The Morgan fingerprint density at radius 3 is 3.00 bits per heavy atom. The summed E-state index contributed by atoms with van der Waals surface area (Å²) in [4.78, 5) is 4.25. The van der Waals surface area contributed by atoms with Crippen LogP contribution in [0.1, 0.15) is 18.6 Å². The first kappa shape index (κ1) is 9.92. The molecule has 0 saturated heterocycles. The molecule has 0 aliphatic heterocycles. The summed E-state index contributed by atoms with van der Waals surface area (Å²) >= 11 is 0. The fraction of sp³-hybridized carbons (Fsp3) is 0.400. The molecule has 0 fully saturated rings. The molecular formula is C10H13N3O2. The van der Waals surface area contributed by atoms with Crippen molar-refractivity contribution in [1.29, 1.82) is 0 Å². The van der Waals surface area contributed by atoms with Gasteiger partial charge in [-0.15, -0.1) is 0 Å². The number of hydrogen-bond acceptors (Lipinski definition) is 5. The van der Waals surface area contributed by atoms with E-state index in [4.69, 9.17) is 8.94 Å². The van der Waals surface area contributed by atoms with Crippen LogP contribution in [0.3, 0.4) is 0 Å². The molecule has 2 aromatic heterocycles. The Labute approximate surface area is 87.5 Å². The van der Waals surface area contributed by atoms with Crippen LogP contribution in [0.5, 0.6) is 0 Å². The minimum absolute atomic E-state index is 0.578. The molecule has 5 heteroatoms. The normalized spacial score (nSPS) is 10.8. The molecule has 0 radical (unpaired) electrons. The van der Waals surface area contributed by atoms with Gasteiger partial charge >= 0.3 is 0 Å². The summed E-state index contributed by atoms with van der Waals surface area (Å²) < 4.78 is 10.3. The summed E-state index contributed by atoms with van der Waals surface area (Å²) in [6, 6.07) is 1.83. The highest BCUT2D eigenvalue weighted by Crippen LogP contribution is 2.20. The standard InChI is InChI=1S/C10H13N3O2/c1-3-11-6-9-12-10(13-15-9)8-4-5-14-7(8)2/h4-5,11H,3,6H2,1-2H3. The van der Waals surface area contributed by atoms with Gasteiger partial charge in [0.2, 0.25) is 11.7 Å². The predicted molar refractivity (Wildman–Crippen MR) is 54.1 cm³/mol. The molecule has 1 N–H and O–H groups in total. The molecule has 0 bridgehead atoms. The van der Waals surface area contributed by atoms with E-state index in [0.717, 1.165) is 17.9 Å². The Hall–Kier alpha value is -1.62. The largest absolute Gasteiger partial charge is 0.469 e. The van der Waals surface area contributed by atoms with Gasteiger partial charge in [-0.05, 0) is 19.5 Å². The summed E-state index contributed by atoms with van der Waals surface area (Å²) in [6.45, 7) is 5.37. The lowest BCUT2D eigenvalue weighted by Crippen LogP contribution is -2.11. The lowest BCUT2D eigenvalue weighted by Gasteiger charge is -1.92. The second kappa shape index (κ2) is 4.27. The van der Waals surface area contributed by atoms with E-state index < -0.39 is 0 Å². The number of rotatable bonds is 4. The van der Waals surface area contributed by atoms with Gasteiger partial charge < -0.3 is 14.3 Å². The van der Waals surface area contributed by atoms with Crippen LogP contribution in [0.2, 0.25) is 0 Å². The van der Waals surface area contributed by atoms with Crippen molar-refractivity contribution in [2.45, 2.75) is 20.4 Å². The molecule has 2 rings (SSSR count). The van der Waals surface area contributed by atoms with Crippen LogP contribution in [0.15, 0.2) is 21.3 Å². The maximum Gasteiger partial charge on any atom is 0.240 e. The molecule has 0 unspecified atom stereocenters. The monoisotopic (exact) mass is 207 g/mol. The summed E-state index contributed by atoms with van der Waals surface area (Å²) in [7, 11) is 0. The first-order valence-corrected chi connectivity index (χ1v) is 4.89. The number of aromatic nitrogens is 2. The summed E-state index contributed by atoms with van der Waals surface area (Å²) in [6.07, 6.45) is 1.62. The Morgan fingerprint density at radius 2 is 2.33 bits per heavy atom. The zero-order valence-electron chi connectivity index (χ0n) is 8.78. The maximum atomic E-state index is 5.17. The third-order valence-electron chi connectivity index (χ3n) is 2.09. The first-order valence-electron chi connectivity index (χ1n) is 4.89. The fourth-order valence-electron chi connectivity index (χ4n) is 1.28. The van der Waals surface area contributed by atoms with Gasteiger partial charge in [-0.3, -0.25) is 0 Å². The zero-order valence-corrected chi connectivity index (χ0v) is 8.78. The number of aryl methyl sites for hydroxylation is 1. The summed E-state index contributed by atoms with van der Waals surface area (Å²) in [5.41, 5.74) is 0.876. The average Bonchev–Trinajstić information content (AvgIpc) is 2.83. The third kappa shape index (κ3) is 2.07. The van der Waals surface area contributed by atoms with Crippen LogP contribution in [0.4, 0.5) is 0 Å². The molecule has 0 aliphatic rings. The van der Waals surface area contributed by atoms with E-state index in [1.165, 1.54) is 0 Å². The second-order valence-corrected chi connectivity index (χ2v) is 3.18. The summed E-state index contributed by atoms with van der Waals surface area (Å²) in [5.74, 6) is 1.97. The highest BCUT2D eigenvalue weighted by Gasteiger charge is 2.11. The molecule has 0 atom stereocenters. The van der Waals surface area contributed by atoms with Crippen molar-refractivity contribution in [3.05, 3.63) is 24.0 Å². The van der Waals surface area contributed by atoms with E-state index in [9.17, 15) is 0 Å². The molecule has 2 aromatic rings. The van der Waals surface area contributed by atoms with Crippen molar-refractivity contribution < 1.29 is 8.94 Å². The molecule has 0 aliphatic carbocycles.